The van der Waals surface area contributed by atoms with Crippen LogP contribution in [0.5, 0.6) is 5.75 Å². The molecular formula is C23H24N2O3. The fourth-order valence-corrected chi connectivity index (χ4v) is 3.24. The Hall–Kier alpha value is -3.34. The lowest BCUT2D eigenvalue weighted by Crippen LogP contribution is -2.32. The highest BCUT2D eigenvalue weighted by atomic mass is 16.5. The van der Waals surface area contributed by atoms with E-state index in [0.29, 0.717) is 11.3 Å². The molecule has 144 valence electrons. The molecule has 2 amide bonds. The van der Waals surface area contributed by atoms with Crippen molar-refractivity contribution in [1.29, 1.82) is 0 Å². The summed E-state index contributed by atoms with van der Waals surface area (Å²) >= 11 is 0. The van der Waals surface area contributed by atoms with Crippen LogP contribution < -0.4 is 15.4 Å². The van der Waals surface area contributed by atoms with E-state index in [1.807, 2.05) is 31.2 Å². The molecule has 0 aliphatic carbocycles. The number of para-hydroxylation sites is 1. The van der Waals surface area contributed by atoms with Crippen molar-refractivity contribution in [2.75, 3.05) is 13.7 Å². The lowest BCUT2D eigenvalue weighted by atomic mass is 9.99. The fraction of sp³-hybridized carbons (Fsp3) is 0.217. The minimum atomic E-state index is -0.257. The van der Waals surface area contributed by atoms with Crippen molar-refractivity contribution in [3.63, 3.8) is 0 Å². The molecule has 1 atom stereocenters. The minimum absolute atomic E-state index is 0.110. The van der Waals surface area contributed by atoms with Crippen LogP contribution >= 0.6 is 0 Å². The molecule has 0 aromatic heterocycles. The van der Waals surface area contributed by atoms with Gasteiger partial charge in [-0.1, -0.05) is 54.6 Å². The maximum atomic E-state index is 12.3. The van der Waals surface area contributed by atoms with Gasteiger partial charge in [0, 0.05) is 13.0 Å². The first kappa shape index (κ1) is 19.4. The second kappa shape index (κ2) is 9.04. The summed E-state index contributed by atoms with van der Waals surface area (Å²) in [5.41, 5.74) is 1.53. The van der Waals surface area contributed by atoms with E-state index in [1.165, 1.54) is 7.11 Å². The summed E-state index contributed by atoms with van der Waals surface area (Å²) in [5.74, 6) is 0.141. The summed E-state index contributed by atoms with van der Waals surface area (Å²) in [5, 5.41) is 8.05. The first-order chi connectivity index (χ1) is 13.6. The molecule has 0 radical (unpaired) electrons. The standard InChI is InChI=1S/C23H24N2O3/c1-16(18-12-7-9-17-8-3-4-10-19(17)18)25-22(26)14-15-24-23(27)20-11-5-6-13-21(20)28-2/h3-13,16H,14-15H2,1-2H3,(H,24,27)(H,25,26). The molecule has 3 rings (SSSR count). The highest BCUT2D eigenvalue weighted by Crippen LogP contribution is 2.24. The van der Waals surface area contributed by atoms with E-state index in [2.05, 4.69) is 28.8 Å². The zero-order valence-electron chi connectivity index (χ0n) is 16.1. The topological polar surface area (TPSA) is 67.4 Å². The maximum absolute atomic E-state index is 12.3. The van der Waals surface area contributed by atoms with Crippen LogP contribution in [0, 0.1) is 0 Å². The normalized spacial score (nSPS) is 11.6. The first-order valence-electron chi connectivity index (χ1n) is 9.28. The van der Waals surface area contributed by atoms with E-state index in [1.54, 1.807) is 24.3 Å². The lowest BCUT2D eigenvalue weighted by Gasteiger charge is -2.17. The molecule has 5 heteroatoms. The van der Waals surface area contributed by atoms with Crippen molar-refractivity contribution < 1.29 is 14.3 Å². The van der Waals surface area contributed by atoms with E-state index >= 15 is 0 Å². The van der Waals surface area contributed by atoms with E-state index in [0.717, 1.165) is 16.3 Å². The molecule has 3 aromatic rings. The van der Waals surface area contributed by atoms with E-state index in [-0.39, 0.29) is 30.8 Å². The molecule has 0 aliphatic heterocycles. The summed E-state index contributed by atoms with van der Waals surface area (Å²) in [6.45, 7) is 2.22. The van der Waals surface area contributed by atoms with Crippen molar-refractivity contribution in [3.8, 4) is 5.75 Å². The van der Waals surface area contributed by atoms with Crippen molar-refractivity contribution in [3.05, 3.63) is 77.9 Å². The molecule has 0 saturated carbocycles. The number of hydrogen-bond donors (Lipinski definition) is 2. The highest BCUT2D eigenvalue weighted by molar-refractivity contribution is 5.97. The number of carbonyl (C=O) groups is 2. The van der Waals surface area contributed by atoms with Gasteiger partial charge in [-0.15, -0.1) is 0 Å². The molecule has 0 bridgehead atoms. The van der Waals surface area contributed by atoms with Gasteiger partial charge in [0.15, 0.2) is 0 Å². The van der Waals surface area contributed by atoms with Crippen LogP contribution in [0.1, 0.15) is 35.3 Å². The van der Waals surface area contributed by atoms with Crippen molar-refractivity contribution in [2.45, 2.75) is 19.4 Å². The van der Waals surface area contributed by atoms with Gasteiger partial charge in [-0.05, 0) is 35.4 Å². The number of fused-ring (bicyclic) bond motifs is 1. The molecule has 0 saturated heterocycles. The van der Waals surface area contributed by atoms with E-state index in [4.69, 9.17) is 4.74 Å². The van der Waals surface area contributed by atoms with E-state index < -0.39 is 0 Å². The monoisotopic (exact) mass is 376 g/mol. The molecule has 0 spiro atoms. The number of amides is 2. The Morgan fingerprint density at radius 2 is 1.68 bits per heavy atom. The van der Waals surface area contributed by atoms with Gasteiger partial charge in [0.2, 0.25) is 5.91 Å². The molecule has 2 N–H and O–H groups in total. The van der Waals surface area contributed by atoms with Gasteiger partial charge < -0.3 is 15.4 Å². The van der Waals surface area contributed by atoms with Gasteiger partial charge in [0.25, 0.3) is 5.91 Å². The molecular weight excluding hydrogens is 352 g/mol. The molecule has 5 nitrogen and oxygen atoms in total. The Balaban J connectivity index is 1.55. The molecule has 0 fully saturated rings. The molecule has 3 aromatic carbocycles. The largest absolute Gasteiger partial charge is 0.496 e. The number of ether oxygens (including phenoxy) is 1. The number of rotatable bonds is 7. The second-order valence-electron chi connectivity index (χ2n) is 6.56. The quantitative estimate of drug-likeness (QED) is 0.658. The Labute approximate surface area is 164 Å². The Kier molecular flexibility index (Phi) is 6.27. The zero-order valence-corrected chi connectivity index (χ0v) is 16.1. The van der Waals surface area contributed by atoms with Gasteiger partial charge in [0.1, 0.15) is 5.75 Å². The minimum Gasteiger partial charge on any atom is -0.496 e. The van der Waals surface area contributed by atoms with Crippen molar-refractivity contribution in [1.82, 2.24) is 10.6 Å². The van der Waals surface area contributed by atoms with Crippen LogP contribution in [0.2, 0.25) is 0 Å². The summed E-state index contributed by atoms with van der Waals surface area (Å²) in [6.07, 6.45) is 0.204. The average molecular weight is 376 g/mol. The lowest BCUT2D eigenvalue weighted by molar-refractivity contribution is -0.121. The van der Waals surface area contributed by atoms with Crippen LogP contribution in [0.3, 0.4) is 0 Å². The molecule has 1 unspecified atom stereocenters. The summed E-state index contributed by atoms with van der Waals surface area (Å²) in [6, 6.07) is 21.1. The summed E-state index contributed by atoms with van der Waals surface area (Å²) in [4.78, 5) is 24.6. The van der Waals surface area contributed by atoms with Crippen LogP contribution in [0.15, 0.2) is 66.7 Å². The van der Waals surface area contributed by atoms with Crippen LogP contribution in [-0.4, -0.2) is 25.5 Å². The van der Waals surface area contributed by atoms with Gasteiger partial charge >= 0.3 is 0 Å². The van der Waals surface area contributed by atoms with Crippen LogP contribution in [0.4, 0.5) is 0 Å². The third-order valence-electron chi connectivity index (χ3n) is 4.66. The SMILES string of the molecule is COc1ccccc1C(=O)NCCC(=O)NC(C)c1cccc2ccccc12. The van der Waals surface area contributed by atoms with E-state index in [9.17, 15) is 9.59 Å². The third kappa shape index (κ3) is 4.49. The van der Waals surface area contributed by atoms with Crippen LogP contribution in [-0.2, 0) is 4.79 Å². The van der Waals surface area contributed by atoms with Gasteiger partial charge in [-0.3, -0.25) is 9.59 Å². The summed E-state index contributed by atoms with van der Waals surface area (Å²) < 4.78 is 5.19. The third-order valence-corrected chi connectivity index (χ3v) is 4.66. The average Bonchev–Trinajstić information content (AvgIpc) is 2.73. The number of carbonyl (C=O) groups excluding carboxylic acids is 2. The fourth-order valence-electron chi connectivity index (χ4n) is 3.24. The highest BCUT2D eigenvalue weighted by Gasteiger charge is 2.14. The van der Waals surface area contributed by atoms with Crippen LogP contribution in [0.25, 0.3) is 10.8 Å². The predicted molar refractivity (Wildman–Crippen MR) is 110 cm³/mol. The zero-order chi connectivity index (χ0) is 19.9. The van der Waals surface area contributed by atoms with Crippen molar-refractivity contribution >= 4 is 22.6 Å². The van der Waals surface area contributed by atoms with Gasteiger partial charge in [-0.25, -0.2) is 0 Å². The number of hydrogen-bond acceptors (Lipinski definition) is 3. The first-order valence-corrected chi connectivity index (χ1v) is 9.28. The molecule has 0 aliphatic rings. The molecule has 0 heterocycles. The smallest absolute Gasteiger partial charge is 0.255 e. The Morgan fingerprint density at radius 1 is 0.964 bits per heavy atom. The molecule has 28 heavy (non-hydrogen) atoms. The summed E-state index contributed by atoms with van der Waals surface area (Å²) in [7, 11) is 1.52. The number of methoxy groups -OCH3 is 1. The number of nitrogens with one attached hydrogen (secondary N) is 2. The second-order valence-corrected chi connectivity index (χ2v) is 6.56. The van der Waals surface area contributed by atoms with Gasteiger partial charge in [0.05, 0.1) is 18.7 Å². The van der Waals surface area contributed by atoms with Crippen molar-refractivity contribution in [2.24, 2.45) is 0 Å². The van der Waals surface area contributed by atoms with Gasteiger partial charge in [-0.2, -0.15) is 0 Å². The Bertz CT molecular complexity index is 979. The maximum Gasteiger partial charge on any atom is 0.255 e. The number of benzene rings is 3. The Morgan fingerprint density at radius 3 is 2.50 bits per heavy atom. The predicted octanol–water partition coefficient (Wildman–Crippen LogP) is 3.85.